The van der Waals surface area contributed by atoms with E-state index < -0.39 is 0 Å². The summed E-state index contributed by atoms with van der Waals surface area (Å²) in [7, 11) is 0. The minimum atomic E-state index is -0.332. The number of amides is 1. The highest BCUT2D eigenvalue weighted by Gasteiger charge is 2.13. The van der Waals surface area contributed by atoms with E-state index >= 15 is 0 Å². The Bertz CT molecular complexity index is 988. The van der Waals surface area contributed by atoms with Crippen molar-refractivity contribution in [2.75, 3.05) is 13.2 Å². The van der Waals surface area contributed by atoms with Crippen molar-refractivity contribution >= 4 is 5.91 Å². The maximum absolute atomic E-state index is 13.0. The highest BCUT2D eigenvalue weighted by Crippen LogP contribution is 2.31. The average Bonchev–Trinajstić information content (AvgIpc) is 3.22. The standard InChI is InChI=1S/C21H20FN3O4/c22-16-7-5-15(6-8-16)21-24-20(29-25-21)13-23-19(26)3-1-2-14-4-9-17-18(12-14)28-11-10-27-17/h4-9,12H,1-3,10-11,13H2,(H,23,26). The van der Waals surface area contributed by atoms with Gasteiger partial charge in [-0.1, -0.05) is 11.2 Å². The summed E-state index contributed by atoms with van der Waals surface area (Å²) in [5.74, 6) is 1.74. The molecular formula is C21H20FN3O4. The number of carbonyl (C=O) groups excluding carboxylic acids is 1. The van der Waals surface area contributed by atoms with Crippen LogP contribution in [-0.2, 0) is 17.8 Å². The molecule has 0 atom stereocenters. The molecule has 0 aliphatic carbocycles. The molecule has 8 heteroatoms. The van der Waals surface area contributed by atoms with Crippen LogP contribution in [-0.4, -0.2) is 29.3 Å². The molecule has 1 N–H and O–H groups in total. The molecule has 0 fully saturated rings. The van der Waals surface area contributed by atoms with E-state index in [1.165, 1.54) is 12.1 Å². The lowest BCUT2D eigenvalue weighted by atomic mass is 10.1. The summed E-state index contributed by atoms with van der Waals surface area (Å²) in [6.45, 7) is 1.27. The first-order chi connectivity index (χ1) is 14.2. The number of hydrogen-bond donors (Lipinski definition) is 1. The number of ether oxygens (including phenoxy) is 2. The van der Waals surface area contributed by atoms with Gasteiger partial charge in [-0.2, -0.15) is 4.98 Å². The Morgan fingerprint density at radius 3 is 2.69 bits per heavy atom. The van der Waals surface area contributed by atoms with E-state index in [4.69, 9.17) is 14.0 Å². The lowest BCUT2D eigenvalue weighted by Gasteiger charge is -2.18. The molecule has 3 aromatic rings. The van der Waals surface area contributed by atoms with E-state index in [0.29, 0.717) is 43.3 Å². The highest BCUT2D eigenvalue weighted by atomic mass is 19.1. The number of fused-ring (bicyclic) bond motifs is 1. The second kappa shape index (κ2) is 8.72. The predicted octanol–water partition coefficient (Wildman–Crippen LogP) is 3.29. The maximum Gasteiger partial charge on any atom is 0.246 e. The van der Waals surface area contributed by atoms with Gasteiger partial charge in [0.05, 0.1) is 6.54 Å². The van der Waals surface area contributed by atoms with Gasteiger partial charge in [0.1, 0.15) is 19.0 Å². The monoisotopic (exact) mass is 397 g/mol. The number of rotatable bonds is 7. The molecule has 1 aliphatic rings. The van der Waals surface area contributed by atoms with Crippen LogP contribution in [0.3, 0.4) is 0 Å². The van der Waals surface area contributed by atoms with E-state index in [0.717, 1.165) is 23.5 Å². The number of nitrogens with one attached hydrogen (secondary N) is 1. The van der Waals surface area contributed by atoms with Crippen molar-refractivity contribution in [3.8, 4) is 22.9 Å². The quantitative estimate of drug-likeness (QED) is 0.658. The summed E-state index contributed by atoms with van der Waals surface area (Å²) in [6.07, 6.45) is 1.85. The van der Waals surface area contributed by atoms with Gasteiger partial charge in [-0.15, -0.1) is 0 Å². The van der Waals surface area contributed by atoms with Gasteiger partial charge in [-0.05, 0) is 54.8 Å². The van der Waals surface area contributed by atoms with Gasteiger partial charge in [-0.25, -0.2) is 4.39 Å². The summed E-state index contributed by atoms with van der Waals surface area (Å²) in [6, 6.07) is 11.6. The molecule has 1 aliphatic heterocycles. The number of benzene rings is 2. The summed E-state index contributed by atoms with van der Waals surface area (Å²) < 4.78 is 29.2. The van der Waals surface area contributed by atoms with E-state index in [-0.39, 0.29) is 18.3 Å². The van der Waals surface area contributed by atoms with Gasteiger partial charge >= 0.3 is 0 Å². The van der Waals surface area contributed by atoms with Gasteiger partial charge in [0, 0.05) is 12.0 Å². The van der Waals surface area contributed by atoms with Crippen LogP contribution in [0.4, 0.5) is 4.39 Å². The van der Waals surface area contributed by atoms with Crippen molar-refractivity contribution in [3.63, 3.8) is 0 Å². The second-order valence-corrected chi connectivity index (χ2v) is 6.63. The smallest absolute Gasteiger partial charge is 0.246 e. The van der Waals surface area contributed by atoms with E-state index in [9.17, 15) is 9.18 Å². The Morgan fingerprint density at radius 2 is 1.86 bits per heavy atom. The van der Waals surface area contributed by atoms with Crippen LogP contribution in [0.1, 0.15) is 24.3 Å². The van der Waals surface area contributed by atoms with E-state index in [1.807, 2.05) is 18.2 Å². The van der Waals surface area contributed by atoms with Crippen LogP contribution in [0.25, 0.3) is 11.4 Å². The molecule has 0 radical (unpaired) electrons. The zero-order valence-electron chi connectivity index (χ0n) is 15.7. The fourth-order valence-corrected chi connectivity index (χ4v) is 3.00. The number of aryl methyl sites for hydroxylation is 1. The summed E-state index contributed by atoms with van der Waals surface area (Å²) in [5, 5.41) is 6.62. The Labute approximate surface area is 166 Å². The molecule has 29 heavy (non-hydrogen) atoms. The molecule has 2 heterocycles. The number of halogens is 1. The largest absolute Gasteiger partial charge is 0.486 e. The SMILES string of the molecule is O=C(CCCc1ccc2c(c1)OCCO2)NCc1nc(-c2ccc(F)cc2)no1. The molecule has 0 bridgehead atoms. The van der Waals surface area contributed by atoms with Gasteiger partial charge in [0.15, 0.2) is 11.5 Å². The third-order valence-corrected chi connectivity index (χ3v) is 4.48. The Hall–Kier alpha value is -3.42. The second-order valence-electron chi connectivity index (χ2n) is 6.63. The summed E-state index contributed by atoms with van der Waals surface area (Å²) in [4.78, 5) is 16.3. The number of nitrogens with zero attached hydrogens (tertiary/aromatic N) is 2. The molecule has 1 amide bonds. The molecule has 150 valence electrons. The molecule has 1 aromatic heterocycles. The molecular weight excluding hydrogens is 377 g/mol. The van der Waals surface area contributed by atoms with Gasteiger partial charge < -0.3 is 19.3 Å². The normalized spacial score (nSPS) is 12.6. The Balaban J connectivity index is 1.22. The average molecular weight is 397 g/mol. The van der Waals surface area contributed by atoms with Crippen LogP contribution in [0.2, 0.25) is 0 Å². The fraction of sp³-hybridized carbons (Fsp3) is 0.286. The zero-order chi connectivity index (χ0) is 20.1. The van der Waals surface area contributed by atoms with Crippen LogP contribution in [0, 0.1) is 5.82 Å². The third-order valence-electron chi connectivity index (χ3n) is 4.48. The molecule has 7 nitrogen and oxygen atoms in total. The zero-order valence-corrected chi connectivity index (χ0v) is 15.7. The lowest BCUT2D eigenvalue weighted by Crippen LogP contribution is -2.22. The highest BCUT2D eigenvalue weighted by molar-refractivity contribution is 5.75. The minimum Gasteiger partial charge on any atom is -0.486 e. The van der Waals surface area contributed by atoms with E-state index in [1.54, 1.807) is 12.1 Å². The van der Waals surface area contributed by atoms with Gasteiger partial charge in [0.25, 0.3) is 0 Å². The van der Waals surface area contributed by atoms with Crippen LogP contribution in [0.15, 0.2) is 47.0 Å². The maximum atomic E-state index is 13.0. The third kappa shape index (κ3) is 4.90. The summed E-state index contributed by atoms with van der Waals surface area (Å²) in [5.41, 5.74) is 1.75. The minimum absolute atomic E-state index is 0.0934. The van der Waals surface area contributed by atoms with Crippen molar-refractivity contribution in [2.24, 2.45) is 0 Å². The van der Waals surface area contributed by atoms with Crippen molar-refractivity contribution in [2.45, 2.75) is 25.8 Å². The van der Waals surface area contributed by atoms with Crippen LogP contribution >= 0.6 is 0 Å². The molecule has 0 saturated heterocycles. The molecule has 0 saturated carbocycles. The lowest BCUT2D eigenvalue weighted by molar-refractivity contribution is -0.121. The molecule has 0 unspecified atom stereocenters. The van der Waals surface area contributed by atoms with Crippen molar-refractivity contribution in [3.05, 3.63) is 59.7 Å². The number of carbonyl (C=O) groups is 1. The van der Waals surface area contributed by atoms with Gasteiger partial charge in [-0.3, -0.25) is 4.79 Å². The van der Waals surface area contributed by atoms with Crippen molar-refractivity contribution in [1.82, 2.24) is 15.5 Å². The fourth-order valence-electron chi connectivity index (χ4n) is 3.00. The summed E-state index contributed by atoms with van der Waals surface area (Å²) >= 11 is 0. The first-order valence-electron chi connectivity index (χ1n) is 9.41. The molecule has 2 aromatic carbocycles. The van der Waals surface area contributed by atoms with E-state index in [2.05, 4.69) is 15.5 Å². The Kier molecular flexibility index (Phi) is 5.69. The Morgan fingerprint density at radius 1 is 1.07 bits per heavy atom. The van der Waals surface area contributed by atoms with Crippen LogP contribution in [0.5, 0.6) is 11.5 Å². The van der Waals surface area contributed by atoms with Gasteiger partial charge in [0.2, 0.25) is 17.6 Å². The predicted molar refractivity (Wildman–Crippen MR) is 102 cm³/mol. The number of aromatic nitrogens is 2. The number of hydrogen-bond acceptors (Lipinski definition) is 6. The first-order valence-corrected chi connectivity index (χ1v) is 9.41. The van der Waals surface area contributed by atoms with Crippen molar-refractivity contribution < 1.29 is 23.2 Å². The first kappa shape index (κ1) is 18.9. The topological polar surface area (TPSA) is 86.5 Å². The molecule has 4 rings (SSSR count). The molecule has 0 spiro atoms. The van der Waals surface area contributed by atoms with Crippen molar-refractivity contribution in [1.29, 1.82) is 0 Å². The van der Waals surface area contributed by atoms with Crippen LogP contribution < -0.4 is 14.8 Å².